The summed E-state index contributed by atoms with van der Waals surface area (Å²) in [5, 5.41) is 0. The van der Waals surface area contributed by atoms with E-state index in [1.165, 1.54) is 4.72 Å². The van der Waals surface area contributed by atoms with Crippen LogP contribution < -0.4 is 4.72 Å². The lowest BCUT2D eigenvalue weighted by Gasteiger charge is -2.07. The van der Waals surface area contributed by atoms with Crippen LogP contribution >= 0.6 is 11.9 Å². The highest BCUT2D eigenvalue weighted by atomic mass is 32.2. The van der Waals surface area contributed by atoms with E-state index in [-0.39, 0.29) is 6.61 Å². The van der Waals surface area contributed by atoms with Crippen molar-refractivity contribution < 1.29 is 22.7 Å². The molecule has 0 aromatic heterocycles. The van der Waals surface area contributed by atoms with Crippen LogP contribution in [0.1, 0.15) is 5.56 Å². The molecule has 0 aliphatic heterocycles. The Morgan fingerprint density at radius 1 is 1.31 bits per heavy atom. The topological polar surface area (TPSA) is 38.3 Å². The van der Waals surface area contributed by atoms with E-state index >= 15 is 0 Å². The molecule has 0 spiro atoms. The Morgan fingerprint density at radius 2 is 1.94 bits per heavy atom. The van der Waals surface area contributed by atoms with Crippen LogP contribution in [0.4, 0.5) is 18.0 Å². The molecule has 1 aromatic rings. The second kappa shape index (κ2) is 5.64. The molecule has 1 aromatic carbocycles. The van der Waals surface area contributed by atoms with E-state index in [0.29, 0.717) is 5.56 Å². The highest BCUT2D eigenvalue weighted by Crippen LogP contribution is 2.27. The molecule has 88 valence electrons. The molecule has 0 aliphatic rings. The number of amides is 1. The van der Waals surface area contributed by atoms with Crippen LogP contribution in [-0.2, 0) is 11.3 Å². The number of carbonyl (C=O) groups excluding carboxylic acids is 1. The van der Waals surface area contributed by atoms with Gasteiger partial charge >= 0.3 is 11.6 Å². The Hall–Kier alpha value is -1.37. The van der Waals surface area contributed by atoms with Crippen molar-refractivity contribution in [3.8, 4) is 0 Å². The van der Waals surface area contributed by atoms with E-state index in [9.17, 15) is 18.0 Å². The molecule has 0 atom stereocenters. The molecule has 0 bridgehead atoms. The molecule has 0 saturated carbocycles. The van der Waals surface area contributed by atoms with Crippen molar-refractivity contribution in [1.29, 1.82) is 0 Å². The fourth-order valence-corrected chi connectivity index (χ4v) is 1.11. The van der Waals surface area contributed by atoms with E-state index in [1.54, 1.807) is 30.3 Å². The molecule has 0 fully saturated rings. The fraction of sp³-hybridized carbons (Fsp3) is 0.222. The van der Waals surface area contributed by atoms with Crippen molar-refractivity contribution in [2.45, 2.75) is 12.1 Å². The van der Waals surface area contributed by atoms with Gasteiger partial charge < -0.3 is 4.74 Å². The Labute approximate surface area is 94.1 Å². The molecular weight excluding hydrogens is 243 g/mol. The van der Waals surface area contributed by atoms with Crippen LogP contribution in [0.2, 0.25) is 0 Å². The molecule has 0 unspecified atom stereocenters. The first-order chi connectivity index (χ1) is 7.47. The van der Waals surface area contributed by atoms with E-state index in [1.807, 2.05) is 0 Å². The average Bonchev–Trinajstić information content (AvgIpc) is 2.24. The van der Waals surface area contributed by atoms with Crippen molar-refractivity contribution in [2.24, 2.45) is 0 Å². The minimum atomic E-state index is -4.51. The number of carbonyl (C=O) groups is 1. The third-order valence-electron chi connectivity index (χ3n) is 1.46. The van der Waals surface area contributed by atoms with Gasteiger partial charge in [0.25, 0.3) is 0 Å². The molecule has 1 rings (SSSR count). The highest BCUT2D eigenvalue weighted by Gasteiger charge is 2.30. The lowest BCUT2D eigenvalue weighted by Crippen LogP contribution is -2.21. The predicted octanol–water partition coefficient (Wildman–Crippen LogP) is 3.08. The lowest BCUT2D eigenvalue weighted by molar-refractivity contribution is -0.0336. The molecule has 0 aliphatic carbocycles. The highest BCUT2D eigenvalue weighted by molar-refractivity contribution is 7.98. The Bertz CT molecular complexity index is 342. The maximum Gasteiger partial charge on any atom is 0.461 e. The minimum Gasteiger partial charge on any atom is -0.444 e. The molecule has 1 N–H and O–H groups in total. The molecule has 1 amide bonds. The summed E-state index contributed by atoms with van der Waals surface area (Å²) < 4.78 is 41.1. The quantitative estimate of drug-likeness (QED) is 0.839. The first-order valence-corrected chi connectivity index (χ1v) is 5.00. The van der Waals surface area contributed by atoms with Crippen LogP contribution in [0.15, 0.2) is 30.3 Å². The second-order valence-corrected chi connectivity index (χ2v) is 3.58. The van der Waals surface area contributed by atoms with Crippen LogP contribution in [0.3, 0.4) is 0 Å². The van der Waals surface area contributed by atoms with Gasteiger partial charge in [0.15, 0.2) is 0 Å². The summed E-state index contributed by atoms with van der Waals surface area (Å²) in [4.78, 5) is 10.8. The molecular formula is C9H8F3NO2S. The number of halogens is 3. The van der Waals surface area contributed by atoms with Crippen molar-refractivity contribution in [2.75, 3.05) is 0 Å². The zero-order valence-corrected chi connectivity index (χ0v) is 8.77. The fourth-order valence-electron chi connectivity index (χ4n) is 0.852. The van der Waals surface area contributed by atoms with Crippen LogP contribution in [-0.4, -0.2) is 11.6 Å². The maximum atomic E-state index is 11.7. The number of alkyl halides is 3. The van der Waals surface area contributed by atoms with Gasteiger partial charge in [0.1, 0.15) is 6.61 Å². The summed E-state index contributed by atoms with van der Waals surface area (Å²) in [5.74, 6) is 0. The van der Waals surface area contributed by atoms with E-state index in [4.69, 9.17) is 0 Å². The van der Waals surface area contributed by atoms with Gasteiger partial charge in [-0.15, -0.1) is 0 Å². The van der Waals surface area contributed by atoms with Gasteiger partial charge in [0.05, 0.1) is 11.9 Å². The molecule has 16 heavy (non-hydrogen) atoms. The van der Waals surface area contributed by atoms with E-state index in [0.717, 1.165) is 0 Å². The summed E-state index contributed by atoms with van der Waals surface area (Å²) in [5.41, 5.74) is -3.80. The van der Waals surface area contributed by atoms with Gasteiger partial charge in [-0.1, -0.05) is 30.3 Å². The van der Waals surface area contributed by atoms with Gasteiger partial charge in [-0.3, -0.25) is 4.72 Å². The zero-order valence-electron chi connectivity index (χ0n) is 7.95. The molecule has 0 saturated heterocycles. The smallest absolute Gasteiger partial charge is 0.444 e. The van der Waals surface area contributed by atoms with Crippen molar-refractivity contribution in [3.63, 3.8) is 0 Å². The largest absolute Gasteiger partial charge is 0.461 e. The SMILES string of the molecule is O=C(NSC(F)(F)F)OCc1ccccc1. The summed E-state index contributed by atoms with van der Waals surface area (Å²) in [6, 6.07) is 8.65. The molecule has 0 radical (unpaired) electrons. The third-order valence-corrected chi connectivity index (χ3v) is 1.96. The monoisotopic (exact) mass is 251 g/mol. The summed E-state index contributed by atoms with van der Waals surface area (Å²) in [7, 11) is 0. The van der Waals surface area contributed by atoms with Crippen LogP contribution in [0.25, 0.3) is 0 Å². The Balaban J connectivity index is 2.26. The summed E-state index contributed by atoms with van der Waals surface area (Å²) in [6.07, 6.45) is -1.12. The van der Waals surface area contributed by atoms with Crippen LogP contribution in [0.5, 0.6) is 0 Å². The predicted molar refractivity (Wildman–Crippen MR) is 53.4 cm³/mol. The molecule has 0 heterocycles. The second-order valence-electron chi connectivity index (χ2n) is 2.71. The zero-order chi connectivity index (χ0) is 12.0. The number of benzene rings is 1. The number of hydrogen-bond donors (Lipinski definition) is 1. The number of nitrogens with one attached hydrogen (secondary N) is 1. The number of ether oxygens (including phenoxy) is 1. The normalized spacial score (nSPS) is 10.9. The van der Waals surface area contributed by atoms with Gasteiger partial charge in [-0.2, -0.15) is 13.2 Å². The number of rotatable bonds is 3. The van der Waals surface area contributed by atoms with Gasteiger partial charge in [0.2, 0.25) is 0 Å². The first-order valence-electron chi connectivity index (χ1n) is 4.19. The third kappa shape index (κ3) is 5.50. The maximum absolute atomic E-state index is 11.7. The van der Waals surface area contributed by atoms with Gasteiger partial charge in [0, 0.05) is 0 Å². The standard InChI is InChI=1S/C9H8F3NO2S/c10-9(11,12)16-13-8(14)15-6-7-4-2-1-3-5-7/h1-5H,6H2,(H,13,14). The minimum absolute atomic E-state index is 0.0644. The lowest BCUT2D eigenvalue weighted by atomic mass is 10.2. The van der Waals surface area contributed by atoms with E-state index in [2.05, 4.69) is 4.74 Å². The van der Waals surface area contributed by atoms with Crippen molar-refractivity contribution >= 4 is 18.0 Å². The Kier molecular flexibility index (Phi) is 4.48. The summed E-state index contributed by atoms with van der Waals surface area (Å²) >= 11 is -0.648. The van der Waals surface area contributed by atoms with Crippen molar-refractivity contribution in [1.82, 2.24) is 4.72 Å². The first kappa shape index (κ1) is 12.7. The number of hydrogen-bond acceptors (Lipinski definition) is 3. The average molecular weight is 251 g/mol. The summed E-state index contributed by atoms with van der Waals surface area (Å²) in [6.45, 7) is -0.0644. The molecule has 7 heteroatoms. The van der Waals surface area contributed by atoms with Crippen molar-refractivity contribution in [3.05, 3.63) is 35.9 Å². The molecule has 3 nitrogen and oxygen atoms in total. The van der Waals surface area contributed by atoms with E-state index < -0.39 is 23.5 Å². The van der Waals surface area contributed by atoms with Gasteiger partial charge in [-0.05, 0) is 5.56 Å². The van der Waals surface area contributed by atoms with Gasteiger partial charge in [-0.25, -0.2) is 4.79 Å². The van der Waals surface area contributed by atoms with Crippen LogP contribution in [0, 0.1) is 0 Å². The Morgan fingerprint density at radius 3 is 2.50 bits per heavy atom.